The maximum atomic E-state index is 13.6. The first-order valence-corrected chi connectivity index (χ1v) is 11.3. The number of halogens is 1. The molecule has 0 saturated carbocycles. The number of rotatable bonds is 6. The minimum atomic E-state index is -3.81. The van der Waals surface area contributed by atoms with Crippen LogP contribution in [0.15, 0.2) is 58.9 Å². The minimum Gasteiger partial charge on any atom is -0.497 e. The van der Waals surface area contributed by atoms with E-state index in [-0.39, 0.29) is 10.8 Å². The summed E-state index contributed by atoms with van der Waals surface area (Å²) in [6.45, 7) is 1.65. The fourth-order valence-corrected chi connectivity index (χ4v) is 5.86. The second kappa shape index (κ2) is 8.10. The van der Waals surface area contributed by atoms with Gasteiger partial charge in [0, 0.05) is 23.0 Å². The molecule has 0 unspecified atom stereocenters. The largest absolute Gasteiger partial charge is 0.497 e. The first-order valence-electron chi connectivity index (χ1n) is 9.02. The Hall–Kier alpha value is -2.88. The van der Waals surface area contributed by atoms with Crippen LogP contribution in [0, 0.1) is 12.7 Å². The number of thiophene rings is 1. The Labute approximate surface area is 177 Å². The zero-order chi connectivity index (χ0) is 21.3. The summed E-state index contributed by atoms with van der Waals surface area (Å²) in [7, 11) is -2.28. The Balaban J connectivity index is 1.63. The van der Waals surface area contributed by atoms with Crippen molar-refractivity contribution in [2.45, 2.75) is 17.7 Å². The molecule has 0 amide bonds. The van der Waals surface area contributed by atoms with Crippen LogP contribution in [0.4, 0.5) is 4.39 Å². The van der Waals surface area contributed by atoms with Gasteiger partial charge in [0.25, 0.3) is 10.0 Å². The van der Waals surface area contributed by atoms with Crippen LogP contribution in [0.25, 0.3) is 21.5 Å². The third kappa shape index (κ3) is 4.04. The number of benzene rings is 1. The number of hydrogen-bond acceptors (Lipinski definition) is 6. The van der Waals surface area contributed by atoms with Gasteiger partial charge in [-0.3, -0.25) is 4.98 Å². The number of fused-ring (bicyclic) bond motifs is 1. The standard InChI is InChI=1S/C21H18FN3O3S2/c1-13-17-9-14(22)6-7-20(17)29-21(13)30(26,27)24-12-15-10-16(28-2)11-19(25-15)18-5-3-4-8-23-18/h3-11,24H,12H2,1-2H3. The predicted molar refractivity (Wildman–Crippen MR) is 115 cm³/mol. The lowest BCUT2D eigenvalue weighted by atomic mass is 10.2. The van der Waals surface area contributed by atoms with Crippen LogP contribution in [-0.4, -0.2) is 25.5 Å². The van der Waals surface area contributed by atoms with Gasteiger partial charge in [-0.2, -0.15) is 0 Å². The molecule has 0 saturated heterocycles. The first-order chi connectivity index (χ1) is 14.4. The van der Waals surface area contributed by atoms with E-state index in [9.17, 15) is 12.8 Å². The van der Waals surface area contributed by atoms with Gasteiger partial charge in [0.05, 0.1) is 30.7 Å². The molecule has 0 spiro atoms. The van der Waals surface area contributed by atoms with Crippen LogP contribution in [0.2, 0.25) is 0 Å². The summed E-state index contributed by atoms with van der Waals surface area (Å²) in [6, 6.07) is 13.1. The Kier molecular flexibility index (Phi) is 5.50. The van der Waals surface area contributed by atoms with Crippen LogP contribution < -0.4 is 9.46 Å². The average molecular weight is 444 g/mol. The smallest absolute Gasteiger partial charge is 0.250 e. The zero-order valence-corrected chi connectivity index (χ0v) is 17.8. The first kappa shape index (κ1) is 20.4. The maximum absolute atomic E-state index is 13.6. The highest BCUT2D eigenvalue weighted by Crippen LogP contribution is 2.34. The second-order valence-corrected chi connectivity index (χ2v) is 9.59. The number of nitrogens with zero attached hydrogens (tertiary/aromatic N) is 2. The van der Waals surface area contributed by atoms with Crippen molar-refractivity contribution in [2.75, 3.05) is 7.11 Å². The van der Waals surface area contributed by atoms with Gasteiger partial charge in [0.1, 0.15) is 15.8 Å². The number of nitrogens with one attached hydrogen (secondary N) is 1. The highest BCUT2D eigenvalue weighted by Gasteiger charge is 2.22. The number of sulfonamides is 1. The van der Waals surface area contributed by atoms with Crippen molar-refractivity contribution in [1.82, 2.24) is 14.7 Å². The van der Waals surface area contributed by atoms with Gasteiger partial charge >= 0.3 is 0 Å². The molecule has 0 bridgehead atoms. The normalized spacial score (nSPS) is 11.7. The highest BCUT2D eigenvalue weighted by molar-refractivity contribution is 7.91. The summed E-state index contributed by atoms with van der Waals surface area (Å²) < 4.78 is 48.2. The molecule has 3 heterocycles. The molecule has 0 aliphatic carbocycles. The third-order valence-electron chi connectivity index (χ3n) is 4.56. The minimum absolute atomic E-state index is 0.0264. The molecule has 0 fully saturated rings. The van der Waals surface area contributed by atoms with Crippen molar-refractivity contribution in [3.05, 3.63) is 71.8 Å². The molecule has 1 aromatic carbocycles. The molecule has 3 aromatic heterocycles. The van der Waals surface area contributed by atoms with Gasteiger partial charge in [-0.05, 0) is 48.2 Å². The molecule has 4 rings (SSSR count). The molecule has 6 nitrogen and oxygen atoms in total. The molecule has 0 radical (unpaired) electrons. The second-order valence-electron chi connectivity index (χ2n) is 6.58. The zero-order valence-electron chi connectivity index (χ0n) is 16.2. The number of methoxy groups -OCH3 is 1. The molecule has 0 aliphatic rings. The van der Waals surface area contributed by atoms with Gasteiger partial charge in [-0.25, -0.2) is 22.5 Å². The van der Waals surface area contributed by atoms with Crippen LogP contribution in [-0.2, 0) is 16.6 Å². The van der Waals surface area contributed by atoms with Gasteiger partial charge in [-0.1, -0.05) is 6.07 Å². The van der Waals surface area contributed by atoms with Crippen LogP contribution in [0.5, 0.6) is 5.75 Å². The topological polar surface area (TPSA) is 81.2 Å². The Morgan fingerprint density at radius 2 is 1.97 bits per heavy atom. The van der Waals surface area contributed by atoms with Gasteiger partial charge < -0.3 is 4.74 Å². The molecular formula is C21H18FN3O3S2. The molecule has 4 aromatic rings. The summed E-state index contributed by atoms with van der Waals surface area (Å²) in [5.41, 5.74) is 2.25. The third-order valence-corrected chi connectivity index (χ3v) is 7.85. The lowest BCUT2D eigenvalue weighted by molar-refractivity contribution is 0.413. The lowest BCUT2D eigenvalue weighted by Crippen LogP contribution is -2.23. The van der Waals surface area contributed by atoms with Crippen molar-refractivity contribution in [2.24, 2.45) is 0 Å². The molecule has 154 valence electrons. The van der Waals surface area contributed by atoms with E-state index < -0.39 is 15.8 Å². The quantitative estimate of drug-likeness (QED) is 0.481. The highest BCUT2D eigenvalue weighted by atomic mass is 32.2. The number of aromatic nitrogens is 2. The number of pyridine rings is 2. The summed E-state index contributed by atoms with van der Waals surface area (Å²) in [4.78, 5) is 8.79. The summed E-state index contributed by atoms with van der Waals surface area (Å²) in [5, 5.41) is 0.595. The van der Waals surface area contributed by atoms with Crippen molar-refractivity contribution in [3.63, 3.8) is 0 Å². The van der Waals surface area contributed by atoms with E-state index in [1.165, 1.54) is 19.2 Å². The van der Waals surface area contributed by atoms with E-state index in [2.05, 4.69) is 14.7 Å². The van der Waals surface area contributed by atoms with E-state index in [1.807, 2.05) is 12.1 Å². The van der Waals surface area contributed by atoms with Gasteiger partial charge in [-0.15, -0.1) is 11.3 Å². The summed E-state index contributed by atoms with van der Waals surface area (Å²) in [5.74, 6) is 0.149. The summed E-state index contributed by atoms with van der Waals surface area (Å²) >= 11 is 1.11. The van der Waals surface area contributed by atoms with Crippen LogP contribution in [0.1, 0.15) is 11.3 Å². The van der Waals surface area contributed by atoms with E-state index in [0.29, 0.717) is 38.5 Å². The monoisotopic (exact) mass is 443 g/mol. The molecule has 30 heavy (non-hydrogen) atoms. The van der Waals surface area contributed by atoms with E-state index in [1.54, 1.807) is 37.4 Å². The van der Waals surface area contributed by atoms with Crippen molar-refractivity contribution >= 4 is 31.4 Å². The summed E-state index contributed by atoms with van der Waals surface area (Å²) in [6.07, 6.45) is 1.66. The van der Waals surface area contributed by atoms with E-state index >= 15 is 0 Å². The lowest BCUT2D eigenvalue weighted by Gasteiger charge is -2.09. The molecule has 0 aliphatic heterocycles. The fourth-order valence-electron chi connectivity index (χ4n) is 3.08. The van der Waals surface area contributed by atoms with Gasteiger partial charge in [0.15, 0.2) is 0 Å². The molecular weight excluding hydrogens is 425 g/mol. The van der Waals surface area contributed by atoms with E-state index in [0.717, 1.165) is 11.3 Å². The number of ether oxygens (including phenoxy) is 1. The SMILES string of the molecule is COc1cc(CNS(=O)(=O)c2sc3ccc(F)cc3c2C)nc(-c2ccccn2)c1. The number of aryl methyl sites for hydroxylation is 1. The van der Waals surface area contributed by atoms with Crippen LogP contribution >= 0.6 is 11.3 Å². The molecule has 0 atom stereocenters. The van der Waals surface area contributed by atoms with Crippen molar-refractivity contribution in [1.29, 1.82) is 0 Å². The maximum Gasteiger partial charge on any atom is 0.250 e. The number of hydrogen-bond donors (Lipinski definition) is 1. The Bertz CT molecular complexity index is 1320. The average Bonchev–Trinajstić information content (AvgIpc) is 3.09. The molecule has 9 heteroatoms. The van der Waals surface area contributed by atoms with E-state index in [4.69, 9.17) is 4.74 Å². The Morgan fingerprint density at radius 1 is 1.13 bits per heavy atom. The van der Waals surface area contributed by atoms with Gasteiger partial charge in [0.2, 0.25) is 0 Å². The van der Waals surface area contributed by atoms with Crippen molar-refractivity contribution < 1.29 is 17.5 Å². The fraction of sp³-hybridized carbons (Fsp3) is 0.143. The Morgan fingerprint density at radius 3 is 2.70 bits per heavy atom. The predicted octanol–water partition coefficient (Wildman–Crippen LogP) is 4.29. The molecule has 1 N–H and O–H groups in total. The van der Waals surface area contributed by atoms with Crippen molar-refractivity contribution in [3.8, 4) is 17.1 Å². The van der Waals surface area contributed by atoms with Crippen LogP contribution in [0.3, 0.4) is 0 Å².